The molecule has 0 aromatic heterocycles. The third-order valence-corrected chi connectivity index (χ3v) is 4.55. The quantitative estimate of drug-likeness (QED) is 0.791. The molecule has 0 spiro atoms. The summed E-state index contributed by atoms with van der Waals surface area (Å²) in [4.78, 5) is 27.7. The minimum Gasteiger partial charge on any atom is -0.496 e. The number of rotatable bonds is 6. The molecule has 7 nitrogen and oxygen atoms in total. The van der Waals surface area contributed by atoms with Gasteiger partial charge in [0.1, 0.15) is 17.6 Å². The molecule has 0 unspecified atom stereocenters. The molecule has 0 radical (unpaired) electrons. The van der Waals surface area contributed by atoms with Gasteiger partial charge in [-0.1, -0.05) is 13.8 Å². The molecule has 3 N–H and O–H groups in total. The second-order valence-electron chi connectivity index (χ2n) is 6.79. The van der Waals surface area contributed by atoms with Crippen LogP contribution in [0.3, 0.4) is 0 Å². The molecule has 1 aromatic carbocycles. The minimum atomic E-state index is -0.700. The van der Waals surface area contributed by atoms with E-state index in [1.165, 1.54) is 12.1 Å². The second-order valence-corrected chi connectivity index (χ2v) is 6.79. The van der Waals surface area contributed by atoms with Crippen molar-refractivity contribution in [3.63, 3.8) is 0 Å². The van der Waals surface area contributed by atoms with Gasteiger partial charge in [0.15, 0.2) is 0 Å². The molecule has 2 rings (SSSR count). The zero-order valence-electron chi connectivity index (χ0n) is 15.5. The van der Waals surface area contributed by atoms with Gasteiger partial charge in [-0.05, 0) is 24.1 Å². The van der Waals surface area contributed by atoms with Crippen LogP contribution in [0.15, 0.2) is 18.2 Å². The van der Waals surface area contributed by atoms with E-state index in [0.29, 0.717) is 38.5 Å². The van der Waals surface area contributed by atoms with Gasteiger partial charge in [0.2, 0.25) is 5.91 Å². The molecule has 8 heteroatoms. The minimum absolute atomic E-state index is 0.0513. The second kappa shape index (κ2) is 8.84. The van der Waals surface area contributed by atoms with E-state index in [0.717, 1.165) is 5.56 Å². The number of carbonyl (C=O) groups excluding carboxylic acids is 2. The molecular formula is C18H27FN4O3. The monoisotopic (exact) mass is 366 g/mol. The highest BCUT2D eigenvalue weighted by Gasteiger charge is 2.30. The van der Waals surface area contributed by atoms with E-state index < -0.39 is 12.1 Å². The highest BCUT2D eigenvalue weighted by Crippen LogP contribution is 2.22. The maximum Gasteiger partial charge on any atom is 0.312 e. The molecular weight excluding hydrogens is 339 g/mol. The maximum absolute atomic E-state index is 13.5. The zero-order valence-corrected chi connectivity index (χ0v) is 15.5. The Morgan fingerprint density at radius 1 is 1.27 bits per heavy atom. The number of nitrogens with two attached hydrogens (primary N) is 1. The summed E-state index contributed by atoms with van der Waals surface area (Å²) < 4.78 is 18.8. The number of benzene rings is 1. The summed E-state index contributed by atoms with van der Waals surface area (Å²) >= 11 is 0. The van der Waals surface area contributed by atoms with Gasteiger partial charge in [0.25, 0.3) is 0 Å². The van der Waals surface area contributed by atoms with Crippen LogP contribution in [-0.4, -0.2) is 61.1 Å². The highest BCUT2D eigenvalue weighted by atomic mass is 19.1. The predicted molar refractivity (Wildman–Crippen MR) is 96.2 cm³/mol. The van der Waals surface area contributed by atoms with Gasteiger partial charge in [-0.3, -0.25) is 9.69 Å². The zero-order chi connectivity index (χ0) is 19.3. The van der Waals surface area contributed by atoms with Gasteiger partial charge >= 0.3 is 6.03 Å². The van der Waals surface area contributed by atoms with Crippen molar-refractivity contribution in [2.75, 3.05) is 33.3 Å². The van der Waals surface area contributed by atoms with Crippen LogP contribution in [0.25, 0.3) is 0 Å². The van der Waals surface area contributed by atoms with Gasteiger partial charge in [-0.25, -0.2) is 9.18 Å². The normalized spacial score (nSPS) is 16.4. The summed E-state index contributed by atoms with van der Waals surface area (Å²) in [7, 11) is 1.56. The largest absolute Gasteiger partial charge is 0.496 e. The molecule has 26 heavy (non-hydrogen) atoms. The smallest absolute Gasteiger partial charge is 0.312 e. The van der Waals surface area contributed by atoms with Gasteiger partial charge in [0.05, 0.1) is 7.11 Å². The Morgan fingerprint density at radius 2 is 1.92 bits per heavy atom. The number of urea groups is 1. The average Bonchev–Trinajstić information content (AvgIpc) is 2.59. The first kappa shape index (κ1) is 20.0. The molecule has 1 aliphatic rings. The maximum atomic E-state index is 13.5. The van der Waals surface area contributed by atoms with E-state index in [-0.39, 0.29) is 17.6 Å². The third kappa shape index (κ3) is 5.08. The summed E-state index contributed by atoms with van der Waals surface area (Å²) in [6.07, 6.45) is 0. The number of halogens is 1. The van der Waals surface area contributed by atoms with Crippen molar-refractivity contribution < 1.29 is 18.7 Å². The van der Waals surface area contributed by atoms with Gasteiger partial charge in [0, 0.05) is 38.3 Å². The fraction of sp³-hybridized carbons (Fsp3) is 0.556. The molecule has 1 atom stereocenters. The number of hydrogen-bond donors (Lipinski definition) is 2. The Balaban J connectivity index is 1.95. The number of amides is 3. The fourth-order valence-corrected chi connectivity index (χ4v) is 3.10. The first-order valence-corrected chi connectivity index (χ1v) is 8.71. The summed E-state index contributed by atoms with van der Waals surface area (Å²) in [6.45, 7) is 6.69. The summed E-state index contributed by atoms with van der Waals surface area (Å²) in [5.41, 5.74) is 5.95. The van der Waals surface area contributed by atoms with E-state index in [4.69, 9.17) is 10.5 Å². The van der Waals surface area contributed by atoms with Crippen molar-refractivity contribution in [1.29, 1.82) is 0 Å². The lowest BCUT2D eigenvalue weighted by molar-refractivity contribution is -0.136. The van der Waals surface area contributed by atoms with Crippen molar-refractivity contribution in [2.24, 2.45) is 11.7 Å². The molecule has 1 aliphatic heterocycles. The Labute approximate surface area is 153 Å². The van der Waals surface area contributed by atoms with Crippen LogP contribution in [0.1, 0.15) is 19.4 Å². The molecule has 0 bridgehead atoms. The number of nitrogens with zero attached hydrogens (tertiary/aromatic N) is 2. The first-order valence-electron chi connectivity index (χ1n) is 8.71. The number of ether oxygens (including phenoxy) is 1. The van der Waals surface area contributed by atoms with Gasteiger partial charge in [-0.2, -0.15) is 0 Å². The number of methoxy groups -OCH3 is 1. The van der Waals surface area contributed by atoms with Crippen LogP contribution in [0.5, 0.6) is 5.75 Å². The lowest BCUT2D eigenvalue weighted by atomic mass is 10.0. The Morgan fingerprint density at radius 3 is 2.46 bits per heavy atom. The molecule has 3 amide bonds. The van der Waals surface area contributed by atoms with E-state index in [2.05, 4.69) is 10.2 Å². The van der Waals surface area contributed by atoms with Crippen LogP contribution in [0.2, 0.25) is 0 Å². The Hall–Kier alpha value is -2.35. The first-order chi connectivity index (χ1) is 12.3. The third-order valence-electron chi connectivity index (χ3n) is 4.55. The van der Waals surface area contributed by atoms with Gasteiger partial charge in [-0.15, -0.1) is 0 Å². The summed E-state index contributed by atoms with van der Waals surface area (Å²) in [5.74, 6) is 0.175. The molecule has 144 valence electrons. The van der Waals surface area contributed by atoms with E-state index in [9.17, 15) is 14.0 Å². The topological polar surface area (TPSA) is 87.9 Å². The van der Waals surface area contributed by atoms with Crippen molar-refractivity contribution in [3.8, 4) is 5.75 Å². The Bertz CT molecular complexity index is 645. The standard InChI is InChI=1S/C18H27FN4O3/c1-12(2)16(21-18(20)25)17(24)23-8-6-22(7-9-23)11-13-10-14(19)4-5-15(13)26-3/h4-5,10,12,16H,6-9,11H2,1-3H3,(H3,20,21,25)/t16-/m0/s1. The highest BCUT2D eigenvalue weighted by molar-refractivity contribution is 5.86. The van der Waals surface area contributed by atoms with Crippen LogP contribution < -0.4 is 15.8 Å². The summed E-state index contributed by atoms with van der Waals surface area (Å²) in [6, 6.07) is 3.14. The number of nitrogens with one attached hydrogen (secondary N) is 1. The van der Waals surface area contributed by atoms with Crippen molar-refractivity contribution >= 4 is 11.9 Å². The van der Waals surface area contributed by atoms with E-state index >= 15 is 0 Å². The molecule has 1 heterocycles. The number of piperazine rings is 1. The lowest BCUT2D eigenvalue weighted by Gasteiger charge is -2.37. The fourth-order valence-electron chi connectivity index (χ4n) is 3.10. The van der Waals surface area contributed by atoms with Crippen LogP contribution in [0.4, 0.5) is 9.18 Å². The number of primary amides is 1. The molecule has 0 aliphatic carbocycles. The molecule has 1 fully saturated rings. The Kier molecular flexibility index (Phi) is 6.79. The summed E-state index contributed by atoms with van der Waals surface area (Å²) in [5, 5.41) is 2.52. The van der Waals surface area contributed by atoms with Crippen molar-refractivity contribution in [2.45, 2.75) is 26.4 Å². The van der Waals surface area contributed by atoms with Crippen LogP contribution in [0, 0.1) is 11.7 Å². The number of hydrogen-bond acceptors (Lipinski definition) is 4. The predicted octanol–water partition coefficient (Wildman–Crippen LogP) is 1.17. The number of carbonyl (C=O) groups is 2. The molecule has 1 aromatic rings. The average molecular weight is 366 g/mol. The molecule has 0 saturated carbocycles. The lowest BCUT2D eigenvalue weighted by Crippen LogP contribution is -2.57. The van der Waals surface area contributed by atoms with Gasteiger partial charge < -0.3 is 20.7 Å². The van der Waals surface area contributed by atoms with Crippen LogP contribution >= 0.6 is 0 Å². The SMILES string of the molecule is COc1ccc(F)cc1CN1CCN(C(=O)[C@@H](NC(N)=O)C(C)C)CC1. The van der Waals surface area contributed by atoms with E-state index in [1.807, 2.05) is 13.8 Å². The van der Waals surface area contributed by atoms with Crippen molar-refractivity contribution in [3.05, 3.63) is 29.6 Å². The van der Waals surface area contributed by atoms with Crippen molar-refractivity contribution in [1.82, 2.24) is 15.1 Å². The van der Waals surface area contributed by atoms with E-state index in [1.54, 1.807) is 18.1 Å². The molecule has 1 saturated heterocycles. The van der Waals surface area contributed by atoms with Crippen LogP contribution in [-0.2, 0) is 11.3 Å².